The first-order valence-electron chi connectivity index (χ1n) is 10.2. The maximum Gasteiger partial charge on any atom is 0.415 e. The van der Waals surface area contributed by atoms with E-state index in [9.17, 15) is 14.9 Å². The van der Waals surface area contributed by atoms with Gasteiger partial charge in [-0.15, -0.1) is 0 Å². The van der Waals surface area contributed by atoms with Gasteiger partial charge in [0.1, 0.15) is 18.6 Å². The van der Waals surface area contributed by atoms with E-state index in [0.717, 1.165) is 18.8 Å². The summed E-state index contributed by atoms with van der Waals surface area (Å²) in [5.74, 6) is 0.478. The summed E-state index contributed by atoms with van der Waals surface area (Å²) in [4.78, 5) is 29.9. The highest BCUT2D eigenvalue weighted by Crippen LogP contribution is 2.31. The van der Waals surface area contributed by atoms with E-state index in [1.54, 1.807) is 16.4 Å². The minimum absolute atomic E-state index is 0.225. The predicted octanol–water partition coefficient (Wildman–Crippen LogP) is 2.30. The summed E-state index contributed by atoms with van der Waals surface area (Å²) < 4.78 is 18.4. The standard InChI is InChI=1S/C20H25N5O6/c1-3-29-19(26)23-10-8-22(9-11-23)15-4-6-16(7-5-15)30-14-20(2)13-24-12-17(25(27)28)21-18(24)31-20/h4-7,12H,3,8-11,13-14H2,1-2H3. The second-order valence-corrected chi connectivity index (χ2v) is 7.77. The Morgan fingerprint density at radius 1 is 1.26 bits per heavy atom. The normalized spacial score (nSPS) is 20.2. The van der Waals surface area contributed by atoms with Crippen LogP contribution in [0.3, 0.4) is 0 Å². The molecule has 4 rings (SSSR count). The number of anilines is 1. The Morgan fingerprint density at radius 3 is 2.58 bits per heavy atom. The van der Waals surface area contributed by atoms with E-state index in [0.29, 0.717) is 32.0 Å². The number of imidazole rings is 1. The Bertz CT molecular complexity index is 928. The highest BCUT2D eigenvalue weighted by Gasteiger charge is 2.41. The van der Waals surface area contributed by atoms with Crippen LogP contribution in [0.2, 0.25) is 0 Å². The van der Waals surface area contributed by atoms with Gasteiger partial charge < -0.3 is 34.1 Å². The predicted molar refractivity (Wildman–Crippen MR) is 111 cm³/mol. The molecule has 1 fully saturated rings. The van der Waals surface area contributed by atoms with E-state index in [1.165, 1.54) is 6.20 Å². The molecule has 2 aromatic rings. The zero-order valence-corrected chi connectivity index (χ0v) is 17.5. The highest BCUT2D eigenvalue weighted by atomic mass is 16.6. The lowest BCUT2D eigenvalue weighted by Gasteiger charge is -2.35. The molecule has 0 saturated carbocycles. The van der Waals surface area contributed by atoms with Gasteiger partial charge in [0.05, 0.1) is 13.2 Å². The fraction of sp³-hybridized carbons (Fsp3) is 0.500. The molecule has 0 bridgehead atoms. The lowest BCUT2D eigenvalue weighted by atomic mass is 10.1. The third-order valence-corrected chi connectivity index (χ3v) is 5.31. The van der Waals surface area contributed by atoms with Crippen molar-refractivity contribution in [2.45, 2.75) is 26.0 Å². The van der Waals surface area contributed by atoms with Gasteiger partial charge in [0.2, 0.25) is 0 Å². The van der Waals surface area contributed by atoms with E-state index in [2.05, 4.69) is 9.88 Å². The number of hydrogen-bond donors (Lipinski definition) is 0. The van der Waals surface area contributed by atoms with Crippen molar-refractivity contribution in [3.8, 4) is 11.8 Å². The van der Waals surface area contributed by atoms with Crippen molar-refractivity contribution in [3.63, 3.8) is 0 Å². The van der Waals surface area contributed by atoms with Crippen LogP contribution in [0.15, 0.2) is 30.5 Å². The molecule has 1 atom stereocenters. The summed E-state index contributed by atoms with van der Waals surface area (Å²) >= 11 is 0. The molecule has 2 aliphatic heterocycles. The molecule has 11 heteroatoms. The molecule has 31 heavy (non-hydrogen) atoms. The number of fused-ring (bicyclic) bond motifs is 1. The molecule has 3 heterocycles. The van der Waals surface area contributed by atoms with Crippen molar-refractivity contribution < 1.29 is 23.9 Å². The second-order valence-electron chi connectivity index (χ2n) is 7.77. The molecule has 11 nitrogen and oxygen atoms in total. The average molecular weight is 431 g/mol. The van der Waals surface area contributed by atoms with E-state index >= 15 is 0 Å². The van der Waals surface area contributed by atoms with E-state index in [4.69, 9.17) is 14.2 Å². The molecular weight excluding hydrogens is 406 g/mol. The zero-order valence-electron chi connectivity index (χ0n) is 17.5. The fourth-order valence-corrected chi connectivity index (χ4v) is 3.71. The average Bonchev–Trinajstić information content (AvgIpc) is 3.29. The zero-order chi connectivity index (χ0) is 22.0. The van der Waals surface area contributed by atoms with Gasteiger partial charge in [-0.05, 0) is 43.0 Å². The lowest BCUT2D eigenvalue weighted by Crippen LogP contribution is -2.49. The molecule has 1 unspecified atom stereocenters. The van der Waals surface area contributed by atoms with Crippen LogP contribution in [0.25, 0.3) is 0 Å². The van der Waals surface area contributed by atoms with Crippen molar-refractivity contribution >= 4 is 17.6 Å². The maximum absolute atomic E-state index is 11.8. The number of carbonyl (C=O) groups is 1. The molecule has 166 valence electrons. The highest BCUT2D eigenvalue weighted by molar-refractivity contribution is 5.68. The Hall–Kier alpha value is -3.50. The molecule has 1 saturated heterocycles. The van der Waals surface area contributed by atoms with Gasteiger partial charge in [-0.25, -0.2) is 4.79 Å². The number of amides is 1. The van der Waals surface area contributed by atoms with E-state index in [1.807, 2.05) is 31.2 Å². The topological polar surface area (TPSA) is 112 Å². The number of benzene rings is 1. The molecule has 1 aromatic carbocycles. The van der Waals surface area contributed by atoms with Crippen LogP contribution in [0.1, 0.15) is 13.8 Å². The summed E-state index contributed by atoms with van der Waals surface area (Å²) in [5.41, 5.74) is 0.408. The third kappa shape index (κ3) is 4.49. The first-order chi connectivity index (χ1) is 14.9. The number of aromatic nitrogens is 2. The van der Waals surface area contributed by atoms with Gasteiger partial charge >= 0.3 is 17.9 Å². The van der Waals surface area contributed by atoms with Crippen molar-refractivity contribution in [3.05, 3.63) is 40.6 Å². The van der Waals surface area contributed by atoms with Crippen molar-refractivity contribution in [1.82, 2.24) is 14.5 Å². The SMILES string of the molecule is CCOC(=O)N1CCN(c2ccc(OCC3(C)Cn4cc([N+](=O)[O-])nc4O3)cc2)CC1. The summed E-state index contributed by atoms with van der Waals surface area (Å²) in [6.45, 7) is 7.49. The van der Waals surface area contributed by atoms with Crippen LogP contribution in [0.5, 0.6) is 11.8 Å². The minimum Gasteiger partial charge on any atom is -0.489 e. The van der Waals surface area contributed by atoms with Gasteiger partial charge in [-0.2, -0.15) is 0 Å². The molecule has 1 aromatic heterocycles. The van der Waals surface area contributed by atoms with Crippen LogP contribution >= 0.6 is 0 Å². The fourth-order valence-electron chi connectivity index (χ4n) is 3.71. The Kier molecular flexibility index (Phi) is 5.57. The minimum atomic E-state index is -0.653. The number of hydrogen-bond acceptors (Lipinski definition) is 8. The maximum atomic E-state index is 11.8. The van der Waals surface area contributed by atoms with Crippen LogP contribution in [0.4, 0.5) is 16.3 Å². The van der Waals surface area contributed by atoms with Gasteiger partial charge in [0, 0.05) is 36.9 Å². The van der Waals surface area contributed by atoms with Crippen molar-refractivity contribution in [2.24, 2.45) is 0 Å². The largest absolute Gasteiger partial charge is 0.489 e. The van der Waals surface area contributed by atoms with Gasteiger partial charge in [-0.1, -0.05) is 0 Å². The lowest BCUT2D eigenvalue weighted by molar-refractivity contribution is -0.389. The first-order valence-corrected chi connectivity index (χ1v) is 10.2. The molecule has 0 N–H and O–H groups in total. The molecule has 0 spiro atoms. The smallest absolute Gasteiger partial charge is 0.415 e. The molecule has 0 aliphatic carbocycles. The summed E-state index contributed by atoms with van der Waals surface area (Å²) in [6.07, 6.45) is 1.11. The number of carbonyl (C=O) groups excluding carboxylic acids is 1. The number of nitrogens with zero attached hydrogens (tertiary/aromatic N) is 5. The van der Waals surface area contributed by atoms with Crippen LogP contribution in [0, 0.1) is 10.1 Å². The van der Waals surface area contributed by atoms with E-state index < -0.39 is 10.5 Å². The quantitative estimate of drug-likeness (QED) is 0.506. The van der Waals surface area contributed by atoms with Gasteiger partial charge in [-0.3, -0.25) is 4.57 Å². The summed E-state index contributed by atoms with van der Waals surface area (Å²) in [7, 11) is 0. The monoisotopic (exact) mass is 431 g/mol. The van der Waals surface area contributed by atoms with Crippen LogP contribution in [-0.2, 0) is 11.3 Å². The Morgan fingerprint density at radius 2 is 1.97 bits per heavy atom. The Labute approximate surface area is 179 Å². The van der Waals surface area contributed by atoms with Crippen LogP contribution < -0.4 is 14.4 Å². The molecule has 1 amide bonds. The number of ether oxygens (including phenoxy) is 3. The second kappa shape index (κ2) is 8.32. The van der Waals surface area contributed by atoms with Crippen molar-refractivity contribution in [2.75, 3.05) is 44.3 Å². The number of piperazine rings is 1. The first kappa shape index (κ1) is 20.8. The third-order valence-electron chi connectivity index (χ3n) is 5.31. The number of rotatable bonds is 6. The number of nitro groups is 1. The van der Waals surface area contributed by atoms with E-state index in [-0.39, 0.29) is 24.5 Å². The molecule has 0 radical (unpaired) electrons. The molecular formula is C20H25N5O6. The summed E-state index contributed by atoms with van der Waals surface area (Å²) in [5, 5.41) is 10.8. The van der Waals surface area contributed by atoms with Crippen LogP contribution in [-0.4, -0.2) is 70.5 Å². The van der Waals surface area contributed by atoms with Crippen molar-refractivity contribution in [1.29, 1.82) is 0 Å². The molecule has 2 aliphatic rings. The van der Waals surface area contributed by atoms with Gasteiger partial charge in [0.25, 0.3) is 0 Å². The Balaban J connectivity index is 1.28. The summed E-state index contributed by atoms with van der Waals surface area (Å²) in [6, 6.07) is 8.00. The van der Waals surface area contributed by atoms with Gasteiger partial charge in [0.15, 0.2) is 5.60 Å².